The number of amides is 1. The molecule has 0 saturated heterocycles. The van der Waals surface area contributed by atoms with Crippen molar-refractivity contribution in [1.82, 2.24) is 5.32 Å². The predicted octanol–water partition coefficient (Wildman–Crippen LogP) is 6.47. The Bertz CT molecular complexity index is 1790. The van der Waals surface area contributed by atoms with Gasteiger partial charge in [-0.25, -0.2) is 19.8 Å². The van der Waals surface area contributed by atoms with E-state index in [9.17, 15) is 24.6 Å². The van der Waals surface area contributed by atoms with Crippen molar-refractivity contribution in [3.8, 4) is 0 Å². The minimum absolute atomic E-state index is 0.0443. The van der Waals surface area contributed by atoms with Gasteiger partial charge in [-0.05, 0) is 98.3 Å². The number of carbonyl (C=O) groups is 3. The molecule has 0 unspecified atom stereocenters. The number of aliphatic carboxylic acids is 2. The molecule has 8 bridgehead atoms. The topological polar surface area (TPSA) is 153 Å². The van der Waals surface area contributed by atoms with Crippen molar-refractivity contribution in [2.45, 2.75) is 86.6 Å². The zero-order valence-electron chi connectivity index (χ0n) is 28.1. The van der Waals surface area contributed by atoms with Gasteiger partial charge >= 0.3 is 11.9 Å². The Morgan fingerprint density at radius 2 is 1.47 bits per heavy atom. The van der Waals surface area contributed by atoms with E-state index in [1.807, 2.05) is 71.1 Å². The van der Waals surface area contributed by atoms with Crippen LogP contribution in [0.2, 0.25) is 0 Å². The standard InChI is InChI=1S/C37H43N5O5/c1-8-19(2)35(36(46)47)42-33(43)11-10-26-31-17-30-25(9-12-34(44)45)22(5)29(40-30)16-24-13-20(3)27(38-24)15-23-14-21(4)28(39-23)18-32(41-31)37(26,6)7/h13-19,26,35H,8-12H2,1-7H3,(H,42,43)(H,44,45)(H,46,47)/t19-,26+,35-/m0/s1. The summed E-state index contributed by atoms with van der Waals surface area (Å²) >= 11 is 0. The molecule has 0 aromatic rings. The SMILES string of the molecule is CC[C@H](C)[C@H](NC(=O)CC[C@@H]1C2=NC(=CC3=NC(=CC4=NC(=CC5=NC(=C2)C(CCC(=O)O)=C5C)C=C4C)C=C3C)C1(C)C)C(=O)O. The molecule has 0 aliphatic carbocycles. The van der Waals surface area contributed by atoms with Crippen LogP contribution in [-0.2, 0) is 14.4 Å². The van der Waals surface area contributed by atoms with Gasteiger partial charge in [-0.1, -0.05) is 34.1 Å². The number of carboxylic acid groups (broad SMARTS) is 2. The maximum absolute atomic E-state index is 13.1. The highest BCUT2D eigenvalue weighted by molar-refractivity contribution is 6.17. The number of hydrogen-bond acceptors (Lipinski definition) is 7. The van der Waals surface area contributed by atoms with Gasteiger partial charge in [0.25, 0.3) is 0 Å². The molecule has 0 radical (unpaired) electrons. The molecular weight excluding hydrogens is 594 g/mol. The number of carboxylic acids is 2. The van der Waals surface area contributed by atoms with E-state index >= 15 is 0 Å². The van der Waals surface area contributed by atoms with Gasteiger partial charge < -0.3 is 15.5 Å². The van der Waals surface area contributed by atoms with Gasteiger partial charge in [0.15, 0.2) is 0 Å². The van der Waals surface area contributed by atoms with E-state index in [4.69, 9.17) is 20.0 Å². The number of nitrogens with zero attached hydrogens (tertiary/aromatic N) is 4. The second-order valence-corrected chi connectivity index (χ2v) is 13.5. The van der Waals surface area contributed by atoms with Crippen molar-refractivity contribution < 1.29 is 24.6 Å². The lowest BCUT2D eigenvalue weighted by Crippen LogP contribution is -2.45. The molecule has 5 heterocycles. The molecule has 3 N–H and O–H groups in total. The number of hydrogen-bond donors (Lipinski definition) is 3. The van der Waals surface area contributed by atoms with Crippen molar-refractivity contribution in [2.75, 3.05) is 0 Å². The highest BCUT2D eigenvalue weighted by Gasteiger charge is 2.42. The minimum atomic E-state index is -1.05. The van der Waals surface area contributed by atoms with Gasteiger partial charge in [0, 0.05) is 35.6 Å². The minimum Gasteiger partial charge on any atom is -0.481 e. The van der Waals surface area contributed by atoms with Crippen LogP contribution >= 0.6 is 0 Å². The Labute approximate surface area is 275 Å². The van der Waals surface area contributed by atoms with E-state index < -0.39 is 23.4 Å². The van der Waals surface area contributed by atoms with Gasteiger partial charge in [-0.2, -0.15) is 0 Å². The molecule has 0 aromatic carbocycles. The average Bonchev–Trinajstić information content (AvgIpc) is 3.67. The summed E-state index contributed by atoms with van der Waals surface area (Å²) in [7, 11) is 0. The highest BCUT2D eigenvalue weighted by atomic mass is 16.4. The number of aliphatic imine (C=N–C) groups is 4. The number of fused-ring (bicyclic) bond motifs is 4. The summed E-state index contributed by atoms with van der Waals surface area (Å²) in [4.78, 5) is 56.5. The van der Waals surface area contributed by atoms with Crippen molar-refractivity contribution in [3.63, 3.8) is 0 Å². The van der Waals surface area contributed by atoms with E-state index in [2.05, 4.69) is 19.2 Å². The molecule has 246 valence electrons. The lowest BCUT2D eigenvalue weighted by Gasteiger charge is -2.29. The largest absolute Gasteiger partial charge is 0.481 e. The van der Waals surface area contributed by atoms with Gasteiger partial charge in [-0.3, -0.25) is 14.6 Å². The monoisotopic (exact) mass is 637 g/mol. The fourth-order valence-electron chi connectivity index (χ4n) is 6.51. The summed E-state index contributed by atoms with van der Waals surface area (Å²) < 4.78 is 0. The summed E-state index contributed by atoms with van der Waals surface area (Å²) in [6.07, 6.45) is 13.3. The van der Waals surface area contributed by atoms with Gasteiger partial charge in [0.2, 0.25) is 5.91 Å². The second kappa shape index (κ2) is 13.2. The molecule has 0 fully saturated rings. The predicted molar refractivity (Wildman–Crippen MR) is 185 cm³/mol. The molecule has 10 nitrogen and oxygen atoms in total. The quantitative estimate of drug-likeness (QED) is 0.251. The summed E-state index contributed by atoms with van der Waals surface area (Å²) in [5, 5.41) is 22.0. The number of rotatable bonds is 10. The smallest absolute Gasteiger partial charge is 0.326 e. The maximum atomic E-state index is 13.1. The Balaban J connectivity index is 1.59. The molecule has 1 amide bonds. The van der Waals surface area contributed by atoms with E-state index in [0.29, 0.717) is 30.7 Å². The summed E-state index contributed by atoms with van der Waals surface area (Å²) in [6, 6.07) is -0.959. The second-order valence-electron chi connectivity index (χ2n) is 13.5. The van der Waals surface area contributed by atoms with Crippen molar-refractivity contribution in [3.05, 3.63) is 81.5 Å². The maximum Gasteiger partial charge on any atom is 0.326 e. The first kappa shape index (κ1) is 33.6. The number of allylic oxidation sites excluding steroid dienone is 11. The van der Waals surface area contributed by atoms with Crippen LogP contribution in [0.15, 0.2) is 102 Å². The van der Waals surface area contributed by atoms with E-state index in [0.717, 1.165) is 56.5 Å². The number of nitrogens with one attached hydrogen (secondary N) is 1. The summed E-state index contributed by atoms with van der Waals surface area (Å²) in [5.74, 6) is -2.68. The fraction of sp³-hybridized carbons (Fsp3) is 0.432. The summed E-state index contributed by atoms with van der Waals surface area (Å²) in [5.41, 5.74) is 9.31. The lowest BCUT2D eigenvalue weighted by atomic mass is 9.73. The molecule has 5 aliphatic rings. The van der Waals surface area contributed by atoms with Crippen LogP contribution in [0, 0.1) is 17.3 Å². The van der Waals surface area contributed by atoms with Gasteiger partial charge in [0.05, 0.1) is 34.2 Å². The van der Waals surface area contributed by atoms with Crippen LogP contribution in [0.5, 0.6) is 0 Å². The third kappa shape index (κ3) is 7.01. The molecule has 10 heteroatoms. The fourth-order valence-corrected chi connectivity index (χ4v) is 6.51. The Kier molecular flexibility index (Phi) is 9.43. The Morgan fingerprint density at radius 1 is 0.851 bits per heavy atom. The first-order valence-corrected chi connectivity index (χ1v) is 16.2. The van der Waals surface area contributed by atoms with Crippen LogP contribution in [0.4, 0.5) is 0 Å². The molecule has 0 saturated carbocycles. The Morgan fingerprint density at radius 3 is 2.06 bits per heavy atom. The normalized spacial score (nSPS) is 22.5. The van der Waals surface area contributed by atoms with Crippen LogP contribution in [0.3, 0.4) is 0 Å². The molecule has 47 heavy (non-hydrogen) atoms. The van der Waals surface area contributed by atoms with E-state index in [1.165, 1.54) is 0 Å². The lowest BCUT2D eigenvalue weighted by molar-refractivity contribution is -0.143. The van der Waals surface area contributed by atoms with Gasteiger partial charge in [-0.15, -0.1) is 0 Å². The molecular formula is C37H43N5O5. The van der Waals surface area contributed by atoms with Crippen LogP contribution in [-0.4, -0.2) is 56.9 Å². The van der Waals surface area contributed by atoms with E-state index in [1.54, 1.807) is 0 Å². The zero-order valence-corrected chi connectivity index (χ0v) is 28.1. The van der Waals surface area contributed by atoms with Gasteiger partial charge in [0.1, 0.15) is 6.04 Å². The number of carbonyl (C=O) groups excluding carboxylic acids is 1. The van der Waals surface area contributed by atoms with Crippen LogP contribution in [0.1, 0.15) is 80.6 Å². The highest BCUT2D eigenvalue weighted by Crippen LogP contribution is 2.46. The molecule has 3 atom stereocenters. The average molecular weight is 638 g/mol. The molecule has 0 spiro atoms. The van der Waals surface area contributed by atoms with E-state index in [-0.39, 0.29) is 30.6 Å². The van der Waals surface area contributed by atoms with Crippen LogP contribution in [0.25, 0.3) is 0 Å². The first-order chi connectivity index (χ1) is 22.2. The third-order valence-electron chi connectivity index (χ3n) is 9.73. The van der Waals surface area contributed by atoms with Crippen molar-refractivity contribution in [1.29, 1.82) is 0 Å². The van der Waals surface area contributed by atoms with Crippen molar-refractivity contribution in [2.24, 2.45) is 37.2 Å². The molecule has 5 rings (SSSR count). The molecule has 5 aliphatic heterocycles. The van der Waals surface area contributed by atoms with Crippen LogP contribution < -0.4 is 5.32 Å². The third-order valence-corrected chi connectivity index (χ3v) is 9.73. The zero-order chi connectivity index (χ0) is 34.2. The van der Waals surface area contributed by atoms with Crippen molar-refractivity contribution >= 4 is 40.7 Å². The molecule has 0 aromatic heterocycles. The first-order valence-electron chi connectivity index (χ1n) is 16.2. The summed E-state index contributed by atoms with van der Waals surface area (Å²) in [6.45, 7) is 13.9. The Hall–Kier alpha value is -4.73.